The fourth-order valence-corrected chi connectivity index (χ4v) is 8.87. The van der Waals surface area contributed by atoms with E-state index >= 15 is 0 Å². The Hall–Kier alpha value is -3.51. The molecule has 0 bridgehead atoms. The van der Waals surface area contributed by atoms with Crippen molar-refractivity contribution in [2.75, 3.05) is 46.3 Å². The highest BCUT2D eigenvalue weighted by Crippen LogP contribution is 2.61. The van der Waals surface area contributed by atoms with E-state index in [1.807, 2.05) is 51.1 Å². The molecule has 2 aromatic rings. The van der Waals surface area contributed by atoms with E-state index in [-0.39, 0.29) is 43.5 Å². The van der Waals surface area contributed by atoms with E-state index in [1.165, 1.54) is 12.0 Å². The van der Waals surface area contributed by atoms with Gasteiger partial charge in [0.05, 0.1) is 32.0 Å². The average Bonchev–Trinajstić information content (AvgIpc) is 3.15. The van der Waals surface area contributed by atoms with Crippen molar-refractivity contribution in [3.63, 3.8) is 0 Å². The Balaban J connectivity index is 1.67. The zero-order chi connectivity index (χ0) is 38.0. The third-order valence-electron chi connectivity index (χ3n) is 10.4. The van der Waals surface area contributed by atoms with Crippen molar-refractivity contribution >= 4 is 23.6 Å². The number of hydrogen-bond acceptors (Lipinski definition) is 10. The lowest BCUT2D eigenvalue weighted by molar-refractivity contribution is -0.253. The summed E-state index contributed by atoms with van der Waals surface area (Å²) < 4.78 is 25.7. The van der Waals surface area contributed by atoms with E-state index in [0.717, 1.165) is 54.0 Å². The second-order valence-electron chi connectivity index (χ2n) is 15.1. The highest BCUT2D eigenvalue weighted by molar-refractivity contribution is 7.99. The summed E-state index contributed by atoms with van der Waals surface area (Å²) in [6.45, 7) is 10.8. The van der Waals surface area contributed by atoms with Crippen LogP contribution in [0.4, 0.5) is 4.79 Å². The molecule has 10 nitrogen and oxygen atoms in total. The van der Waals surface area contributed by atoms with Crippen LogP contribution >= 0.6 is 11.8 Å². The Morgan fingerprint density at radius 3 is 2.51 bits per heavy atom. The van der Waals surface area contributed by atoms with Gasteiger partial charge in [0, 0.05) is 48.8 Å². The standard InChI is InChI=1S/C42H58N2O8S/c1-7-23-50-42-37(44(5)40(47)48-6)28-35(43-52-41(2,3)4)33-26-29(15-11-13-21-45)32(18-12-14-22-46)38(39(33)42)34-27-30(19-20-36(34)51-42)49-24-25-53-31-16-9-8-10-17-31/h7-10,16-17,19-20,26-27,29,32,37-39,45-46H,1,11-15,18,21-25,28H2,2-6H3. The summed E-state index contributed by atoms with van der Waals surface area (Å²) in [5.41, 5.74) is 2.20. The molecule has 2 N–H and O–H groups in total. The van der Waals surface area contributed by atoms with Gasteiger partial charge in [-0.1, -0.05) is 48.3 Å². The lowest BCUT2D eigenvalue weighted by Crippen LogP contribution is -2.69. The molecule has 1 heterocycles. The number of nitrogens with zero attached hydrogens (tertiary/aromatic N) is 2. The normalized spacial score (nSPS) is 25.4. The van der Waals surface area contributed by atoms with Crippen LogP contribution in [0.25, 0.3) is 0 Å². The Bertz CT molecular complexity index is 1580. The third kappa shape index (κ3) is 9.60. The van der Waals surface area contributed by atoms with Crippen LogP contribution < -0.4 is 9.47 Å². The van der Waals surface area contributed by atoms with E-state index in [4.69, 9.17) is 28.9 Å². The molecule has 53 heavy (non-hydrogen) atoms. The zero-order valence-electron chi connectivity index (χ0n) is 32.0. The molecule has 1 amide bonds. The van der Waals surface area contributed by atoms with Gasteiger partial charge in [-0.05, 0) is 94.2 Å². The smallest absolute Gasteiger partial charge is 0.409 e. The molecule has 6 atom stereocenters. The van der Waals surface area contributed by atoms with Crippen LogP contribution in [-0.2, 0) is 14.3 Å². The van der Waals surface area contributed by atoms with Gasteiger partial charge in [0.2, 0.25) is 5.79 Å². The number of allylic oxidation sites excluding steroid dienone is 1. The quantitative estimate of drug-likeness (QED) is 0.0677. The van der Waals surface area contributed by atoms with Gasteiger partial charge < -0.3 is 38.9 Å². The van der Waals surface area contributed by atoms with E-state index in [2.05, 4.69) is 30.9 Å². The number of hydrogen-bond donors (Lipinski definition) is 2. The topological polar surface area (TPSA) is 119 Å². The summed E-state index contributed by atoms with van der Waals surface area (Å²) in [6.07, 6.45) is 8.67. The number of oxime groups is 1. The summed E-state index contributed by atoms with van der Waals surface area (Å²) in [7, 11) is 3.08. The molecule has 6 unspecified atom stereocenters. The first-order valence-electron chi connectivity index (χ1n) is 18.9. The molecule has 1 aliphatic heterocycles. The number of likely N-dealkylation sites (N-methyl/N-ethyl adjacent to an activating group) is 1. The van der Waals surface area contributed by atoms with Gasteiger partial charge in [0.1, 0.15) is 23.1 Å². The number of amides is 1. The Kier molecular flexibility index (Phi) is 14.3. The minimum absolute atomic E-state index is 0.120. The summed E-state index contributed by atoms with van der Waals surface area (Å²) in [4.78, 5) is 22.2. The molecule has 0 spiro atoms. The second-order valence-corrected chi connectivity index (χ2v) is 16.2. The van der Waals surface area contributed by atoms with Crippen LogP contribution in [0.3, 0.4) is 0 Å². The van der Waals surface area contributed by atoms with Crippen LogP contribution in [0.15, 0.2) is 82.9 Å². The van der Waals surface area contributed by atoms with Crippen LogP contribution in [0.1, 0.15) is 77.2 Å². The SMILES string of the molecule is C=CCOC12Oc3ccc(OCCSc4ccccc4)cc3C3C(CCCCO)C(CCCCO)C=C(C(=NOC(C)(C)C)CC1N(C)C(=O)OC)C32. The molecule has 0 radical (unpaired) electrons. The van der Waals surface area contributed by atoms with Crippen molar-refractivity contribution in [1.29, 1.82) is 0 Å². The minimum Gasteiger partial charge on any atom is -0.493 e. The summed E-state index contributed by atoms with van der Waals surface area (Å²) >= 11 is 1.75. The van der Waals surface area contributed by atoms with E-state index in [9.17, 15) is 15.0 Å². The molecule has 290 valence electrons. The van der Waals surface area contributed by atoms with Crippen molar-refractivity contribution in [2.45, 2.75) is 94.0 Å². The Morgan fingerprint density at radius 1 is 1.09 bits per heavy atom. The predicted octanol–water partition coefficient (Wildman–Crippen LogP) is 7.99. The summed E-state index contributed by atoms with van der Waals surface area (Å²) in [6, 6.07) is 15.7. The fraction of sp³-hybridized carbons (Fsp3) is 0.571. The van der Waals surface area contributed by atoms with Crippen LogP contribution in [0.5, 0.6) is 11.5 Å². The zero-order valence-corrected chi connectivity index (χ0v) is 32.8. The van der Waals surface area contributed by atoms with Gasteiger partial charge in [-0.2, -0.15) is 0 Å². The number of ether oxygens (including phenoxy) is 4. The van der Waals surface area contributed by atoms with Crippen LogP contribution in [0.2, 0.25) is 0 Å². The van der Waals surface area contributed by atoms with Crippen molar-refractivity contribution in [3.05, 3.63) is 78.4 Å². The first-order chi connectivity index (χ1) is 25.6. The number of thioether (sulfide) groups is 1. The Labute approximate surface area is 319 Å². The maximum Gasteiger partial charge on any atom is 0.409 e. The van der Waals surface area contributed by atoms with Crippen molar-refractivity contribution in [1.82, 2.24) is 4.90 Å². The van der Waals surface area contributed by atoms with Gasteiger partial charge in [-0.15, -0.1) is 18.3 Å². The molecular formula is C42H58N2O8S. The monoisotopic (exact) mass is 750 g/mol. The second kappa shape index (κ2) is 18.7. The molecular weight excluding hydrogens is 693 g/mol. The maximum atomic E-state index is 13.3. The van der Waals surface area contributed by atoms with E-state index < -0.39 is 23.5 Å². The van der Waals surface area contributed by atoms with Gasteiger partial charge >= 0.3 is 6.09 Å². The van der Waals surface area contributed by atoms with Crippen LogP contribution in [-0.4, -0.2) is 90.7 Å². The van der Waals surface area contributed by atoms with Crippen LogP contribution in [0, 0.1) is 17.8 Å². The van der Waals surface area contributed by atoms with Gasteiger partial charge in [-0.25, -0.2) is 4.79 Å². The number of benzene rings is 2. The van der Waals surface area contributed by atoms with E-state index in [1.54, 1.807) is 29.8 Å². The third-order valence-corrected chi connectivity index (χ3v) is 11.3. The molecule has 0 aromatic heterocycles. The Morgan fingerprint density at radius 2 is 1.83 bits per heavy atom. The van der Waals surface area contributed by atoms with Gasteiger partial charge in [0.25, 0.3) is 0 Å². The fourth-order valence-electron chi connectivity index (χ4n) is 8.12. The number of carbonyl (C=O) groups is 1. The molecule has 0 saturated heterocycles. The number of carbonyl (C=O) groups excluding carboxylic acids is 1. The summed E-state index contributed by atoms with van der Waals surface area (Å²) in [5.74, 6) is 0.658. The first-order valence-corrected chi connectivity index (χ1v) is 19.9. The molecule has 1 fully saturated rings. The molecule has 2 aliphatic carbocycles. The number of fused-ring (bicyclic) bond motifs is 2. The predicted molar refractivity (Wildman–Crippen MR) is 209 cm³/mol. The highest BCUT2D eigenvalue weighted by atomic mass is 32.2. The van der Waals surface area contributed by atoms with Gasteiger partial charge in [-0.3, -0.25) is 0 Å². The number of rotatable bonds is 18. The largest absolute Gasteiger partial charge is 0.493 e. The average molecular weight is 751 g/mol. The van der Waals surface area contributed by atoms with Gasteiger partial charge in [0.15, 0.2) is 0 Å². The number of aliphatic hydroxyl groups is 2. The van der Waals surface area contributed by atoms with Crippen molar-refractivity contribution in [3.8, 4) is 11.5 Å². The van der Waals surface area contributed by atoms with Crippen molar-refractivity contribution in [2.24, 2.45) is 22.9 Å². The number of methoxy groups -OCH3 is 1. The van der Waals surface area contributed by atoms with Crippen molar-refractivity contribution < 1.29 is 38.8 Å². The minimum atomic E-state index is -1.32. The lowest BCUT2D eigenvalue weighted by atomic mass is 9.55. The number of unbranched alkanes of at least 4 members (excludes halogenated alkanes) is 2. The molecule has 11 heteroatoms. The molecule has 1 saturated carbocycles. The lowest BCUT2D eigenvalue weighted by Gasteiger charge is -2.59. The molecule has 5 rings (SSSR count). The molecule has 2 aromatic carbocycles. The first kappa shape index (κ1) is 40.7. The highest BCUT2D eigenvalue weighted by Gasteiger charge is 2.65. The summed E-state index contributed by atoms with van der Waals surface area (Å²) in [5, 5.41) is 24.4. The maximum absolute atomic E-state index is 13.3. The van der Waals surface area contributed by atoms with E-state index in [0.29, 0.717) is 31.6 Å². The number of aliphatic hydroxyl groups excluding tert-OH is 2. The molecule has 3 aliphatic rings.